The summed E-state index contributed by atoms with van der Waals surface area (Å²) in [5, 5.41) is 12.6. The molecule has 1 heterocycles. The van der Waals surface area contributed by atoms with Crippen LogP contribution in [0, 0.1) is 5.41 Å². The highest BCUT2D eigenvalue weighted by Gasteiger charge is 2.45. The van der Waals surface area contributed by atoms with Gasteiger partial charge in [-0.05, 0) is 25.8 Å². The number of carboxylic acids is 1. The Morgan fingerprint density at radius 3 is 3.11 bits per heavy atom. The van der Waals surface area contributed by atoms with Gasteiger partial charge in [0.05, 0.1) is 12.5 Å². The molecule has 0 amide bonds. The topological polar surface area (TPSA) is 71.5 Å². The summed E-state index contributed by atoms with van der Waals surface area (Å²) in [5.74, 6) is -0.214. The summed E-state index contributed by atoms with van der Waals surface area (Å²) in [5.41, 5.74) is 0.150. The number of carboxylic acid groups (broad SMARTS) is 1. The normalized spacial score (nSPS) is 26.9. The first-order valence-electron chi connectivity index (χ1n) is 6.06. The van der Waals surface area contributed by atoms with Crippen molar-refractivity contribution in [2.45, 2.75) is 32.2 Å². The van der Waals surface area contributed by atoms with Gasteiger partial charge in [-0.3, -0.25) is 4.79 Å². The number of carbonyl (C=O) groups is 1. The SMILES string of the molecule is COc1cc(NC2CCCC2(C)C(=O)O)ccn1. The minimum absolute atomic E-state index is 0.0536. The van der Waals surface area contributed by atoms with Crippen molar-refractivity contribution in [2.75, 3.05) is 12.4 Å². The Morgan fingerprint density at radius 2 is 2.44 bits per heavy atom. The number of aromatic nitrogens is 1. The lowest BCUT2D eigenvalue weighted by Crippen LogP contribution is -2.40. The summed E-state index contributed by atoms with van der Waals surface area (Å²) < 4.78 is 5.05. The molecule has 1 aromatic rings. The zero-order valence-corrected chi connectivity index (χ0v) is 10.6. The average Bonchev–Trinajstić information content (AvgIpc) is 2.73. The molecule has 2 rings (SSSR count). The number of anilines is 1. The molecular formula is C13H18N2O3. The molecule has 1 aliphatic rings. The number of ether oxygens (including phenoxy) is 1. The second-order valence-electron chi connectivity index (χ2n) is 4.90. The van der Waals surface area contributed by atoms with Crippen molar-refractivity contribution in [1.29, 1.82) is 0 Å². The van der Waals surface area contributed by atoms with Crippen LogP contribution in [0.4, 0.5) is 5.69 Å². The molecule has 2 N–H and O–H groups in total. The Bertz CT molecular complexity index is 450. The van der Waals surface area contributed by atoms with Crippen LogP contribution < -0.4 is 10.1 Å². The van der Waals surface area contributed by atoms with Crippen molar-refractivity contribution in [3.05, 3.63) is 18.3 Å². The third-order valence-electron chi connectivity index (χ3n) is 3.73. The van der Waals surface area contributed by atoms with E-state index in [1.807, 2.05) is 6.07 Å². The van der Waals surface area contributed by atoms with Crippen LogP contribution in [0.5, 0.6) is 5.88 Å². The monoisotopic (exact) mass is 250 g/mol. The lowest BCUT2D eigenvalue weighted by molar-refractivity contribution is -0.147. The lowest BCUT2D eigenvalue weighted by Gasteiger charge is -2.28. The summed E-state index contributed by atoms with van der Waals surface area (Å²) in [6.45, 7) is 1.80. The highest BCUT2D eigenvalue weighted by molar-refractivity contribution is 5.76. The maximum absolute atomic E-state index is 11.4. The van der Waals surface area contributed by atoms with E-state index in [9.17, 15) is 9.90 Å². The summed E-state index contributed by atoms with van der Waals surface area (Å²) in [7, 11) is 1.56. The number of hydrogen-bond acceptors (Lipinski definition) is 4. The van der Waals surface area contributed by atoms with Gasteiger partial charge in [0.1, 0.15) is 0 Å². The van der Waals surface area contributed by atoms with Gasteiger partial charge in [-0.1, -0.05) is 6.42 Å². The van der Waals surface area contributed by atoms with Gasteiger partial charge in [-0.25, -0.2) is 4.98 Å². The molecule has 0 aliphatic heterocycles. The molecular weight excluding hydrogens is 232 g/mol. The molecule has 2 atom stereocenters. The molecule has 5 heteroatoms. The van der Waals surface area contributed by atoms with Crippen LogP contribution in [0.3, 0.4) is 0 Å². The van der Waals surface area contributed by atoms with E-state index in [1.165, 1.54) is 0 Å². The number of rotatable bonds is 4. The van der Waals surface area contributed by atoms with Crippen molar-refractivity contribution in [3.8, 4) is 5.88 Å². The van der Waals surface area contributed by atoms with E-state index in [0.29, 0.717) is 12.3 Å². The minimum atomic E-state index is -0.737. The largest absolute Gasteiger partial charge is 0.481 e. The Labute approximate surface area is 106 Å². The molecule has 1 saturated carbocycles. The van der Waals surface area contributed by atoms with E-state index in [-0.39, 0.29) is 6.04 Å². The number of nitrogens with one attached hydrogen (secondary N) is 1. The zero-order chi connectivity index (χ0) is 13.2. The highest BCUT2D eigenvalue weighted by Crippen LogP contribution is 2.40. The van der Waals surface area contributed by atoms with Crippen molar-refractivity contribution in [3.63, 3.8) is 0 Å². The molecule has 0 spiro atoms. The quantitative estimate of drug-likeness (QED) is 0.856. The molecule has 18 heavy (non-hydrogen) atoms. The fourth-order valence-electron chi connectivity index (χ4n) is 2.47. The smallest absolute Gasteiger partial charge is 0.311 e. The molecule has 0 saturated heterocycles. The Balaban J connectivity index is 2.15. The highest BCUT2D eigenvalue weighted by atomic mass is 16.5. The van der Waals surface area contributed by atoms with E-state index in [4.69, 9.17) is 4.74 Å². The van der Waals surface area contributed by atoms with Gasteiger partial charge in [0.15, 0.2) is 0 Å². The standard InChI is InChI=1S/C13H18N2O3/c1-13(12(16)17)6-3-4-10(13)15-9-5-7-14-11(8-9)18-2/h5,7-8,10H,3-4,6H2,1-2H3,(H,14,15)(H,16,17). The predicted octanol–water partition coefficient (Wildman–Crippen LogP) is 2.15. The van der Waals surface area contributed by atoms with Gasteiger partial charge < -0.3 is 15.2 Å². The summed E-state index contributed by atoms with van der Waals surface area (Å²) in [4.78, 5) is 15.4. The van der Waals surface area contributed by atoms with Crippen LogP contribution >= 0.6 is 0 Å². The fraction of sp³-hybridized carbons (Fsp3) is 0.538. The van der Waals surface area contributed by atoms with Gasteiger partial charge in [0.25, 0.3) is 0 Å². The van der Waals surface area contributed by atoms with Crippen LogP contribution in [0.25, 0.3) is 0 Å². The second-order valence-corrected chi connectivity index (χ2v) is 4.90. The van der Waals surface area contributed by atoms with Crippen molar-refractivity contribution < 1.29 is 14.6 Å². The van der Waals surface area contributed by atoms with Crippen molar-refractivity contribution in [1.82, 2.24) is 4.98 Å². The van der Waals surface area contributed by atoms with Gasteiger partial charge in [0.2, 0.25) is 5.88 Å². The molecule has 2 unspecified atom stereocenters. The average molecular weight is 250 g/mol. The zero-order valence-electron chi connectivity index (χ0n) is 10.6. The summed E-state index contributed by atoms with van der Waals surface area (Å²) >= 11 is 0. The summed E-state index contributed by atoms with van der Waals surface area (Å²) in [6, 6.07) is 3.55. The van der Waals surface area contributed by atoms with E-state index >= 15 is 0 Å². The van der Waals surface area contributed by atoms with Gasteiger partial charge >= 0.3 is 5.97 Å². The first-order valence-corrected chi connectivity index (χ1v) is 6.06. The number of aliphatic carboxylic acids is 1. The molecule has 98 valence electrons. The first-order chi connectivity index (χ1) is 8.56. The van der Waals surface area contributed by atoms with E-state index in [2.05, 4.69) is 10.3 Å². The Morgan fingerprint density at radius 1 is 1.67 bits per heavy atom. The Hall–Kier alpha value is -1.78. The van der Waals surface area contributed by atoms with E-state index in [1.54, 1.807) is 26.3 Å². The number of nitrogens with zero attached hydrogens (tertiary/aromatic N) is 1. The molecule has 5 nitrogen and oxygen atoms in total. The number of methoxy groups -OCH3 is 1. The van der Waals surface area contributed by atoms with Crippen LogP contribution in [0.15, 0.2) is 18.3 Å². The molecule has 0 bridgehead atoms. The number of hydrogen-bond donors (Lipinski definition) is 2. The maximum Gasteiger partial charge on any atom is 0.311 e. The third-order valence-corrected chi connectivity index (χ3v) is 3.73. The van der Waals surface area contributed by atoms with Gasteiger partial charge in [-0.2, -0.15) is 0 Å². The Kier molecular flexibility index (Phi) is 3.41. The van der Waals surface area contributed by atoms with Crippen LogP contribution in [-0.4, -0.2) is 29.2 Å². The molecule has 1 aromatic heterocycles. The lowest BCUT2D eigenvalue weighted by atomic mass is 9.85. The molecule has 1 aliphatic carbocycles. The van der Waals surface area contributed by atoms with Crippen LogP contribution in [0.1, 0.15) is 26.2 Å². The minimum Gasteiger partial charge on any atom is -0.481 e. The molecule has 1 fully saturated rings. The van der Waals surface area contributed by atoms with Gasteiger partial charge in [0, 0.05) is 24.0 Å². The first kappa shape index (κ1) is 12.7. The predicted molar refractivity (Wildman–Crippen MR) is 67.8 cm³/mol. The van der Waals surface area contributed by atoms with Crippen molar-refractivity contribution >= 4 is 11.7 Å². The second kappa shape index (κ2) is 4.84. The fourth-order valence-corrected chi connectivity index (χ4v) is 2.47. The van der Waals surface area contributed by atoms with Crippen LogP contribution in [0.2, 0.25) is 0 Å². The van der Waals surface area contributed by atoms with E-state index in [0.717, 1.165) is 18.5 Å². The number of pyridine rings is 1. The maximum atomic E-state index is 11.4. The van der Waals surface area contributed by atoms with Crippen molar-refractivity contribution in [2.24, 2.45) is 5.41 Å². The van der Waals surface area contributed by atoms with E-state index < -0.39 is 11.4 Å². The van der Waals surface area contributed by atoms with Crippen LogP contribution in [-0.2, 0) is 4.79 Å². The molecule has 0 radical (unpaired) electrons. The summed E-state index contributed by atoms with van der Waals surface area (Å²) in [6.07, 6.45) is 4.16. The third kappa shape index (κ3) is 2.25. The molecule has 0 aromatic carbocycles. The van der Waals surface area contributed by atoms with Gasteiger partial charge in [-0.15, -0.1) is 0 Å².